The van der Waals surface area contributed by atoms with Gasteiger partial charge >= 0.3 is 0 Å². The molecule has 1 aromatic carbocycles. The number of amides is 1. The molecule has 4 nitrogen and oxygen atoms in total. The average molecular weight is 307 g/mol. The molecule has 0 saturated carbocycles. The van der Waals surface area contributed by atoms with Crippen molar-refractivity contribution in [1.29, 1.82) is 0 Å². The van der Waals surface area contributed by atoms with Crippen LogP contribution in [0.4, 0.5) is 8.78 Å². The second-order valence-corrected chi connectivity index (χ2v) is 5.38. The Morgan fingerprint density at radius 3 is 2.68 bits per heavy atom. The van der Waals surface area contributed by atoms with Crippen molar-refractivity contribution in [2.75, 3.05) is 7.05 Å². The molecule has 0 radical (unpaired) electrons. The molecule has 1 atom stereocenters. The van der Waals surface area contributed by atoms with Crippen molar-refractivity contribution in [2.24, 2.45) is 0 Å². The molecular formula is C16H19F2N3O. The molecule has 2 rings (SSSR count). The van der Waals surface area contributed by atoms with Crippen molar-refractivity contribution in [3.05, 3.63) is 53.4 Å². The van der Waals surface area contributed by atoms with Gasteiger partial charge in [-0.05, 0) is 37.1 Å². The van der Waals surface area contributed by atoms with E-state index in [2.05, 4.69) is 5.10 Å². The van der Waals surface area contributed by atoms with Crippen LogP contribution in [0.3, 0.4) is 0 Å². The number of nitrogens with zero attached hydrogens (tertiary/aromatic N) is 3. The maximum atomic E-state index is 13.3. The van der Waals surface area contributed by atoms with E-state index in [1.54, 1.807) is 24.9 Å². The van der Waals surface area contributed by atoms with E-state index in [1.807, 2.05) is 13.1 Å². The number of halogens is 2. The Morgan fingerprint density at radius 1 is 1.36 bits per heavy atom. The van der Waals surface area contributed by atoms with Gasteiger partial charge in [0, 0.05) is 26.2 Å². The second-order valence-electron chi connectivity index (χ2n) is 5.38. The number of hydrogen-bond acceptors (Lipinski definition) is 2. The summed E-state index contributed by atoms with van der Waals surface area (Å²) < 4.78 is 28.0. The molecule has 1 heterocycles. The van der Waals surface area contributed by atoms with Crippen LogP contribution in [0.2, 0.25) is 0 Å². The third-order valence-electron chi connectivity index (χ3n) is 3.72. The van der Waals surface area contributed by atoms with Crippen LogP contribution >= 0.6 is 0 Å². The number of aromatic nitrogens is 2. The molecular weight excluding hydrogens is 288 g/mol. The molecule has 0 aliphatic heterocycles. The predicted molar refractivity (Wildman–Crippen MR) is 79.1 cm³/mol. The van der Waals surface area contributed by atoms with E-state index in [4.69, 9.17) is 0 Å². The third kappa shape index (κ3) is 3.69. The summed E-state index contributed by atoms with van der Waals surface area (Å²) in [5.74, 6) is -1.87. The lowest BCUT2D eigenvalue weighted by Crippen LogP contribution is -2.30. The molecule has 0 aliphatic rings. The van der Waals surface area contributed by atoms with Crippen molar-refractivity contribution in [2.45, 2.75) is 32.9 Å². The van der Waals surface area contributed by atoms with Crippen molar-refractivity contribution in [3.63, 3.8) is 0 Å². The molecule has 0 spiro atoms. The number of carbonyl (C=O) groups is 1. The molecule has 0 saturated heterocycles. The fraction of sp³-hybridized carbons (Fsp3) is 0.375. The van der Waals surface area contributed by atoms with Gasteiger partial charge in [-0.15, -0.1) is 0 Å². The predicted octanol–water partition coefficient (Wildman–Crippen LogP) is 3.08. The zero-order valence-electron chi connectivity index (χ0n) is 12.9. The third-order valence-corrected chi connectivity index (χ3v) is 3.72. The minimum atomic E-state index is -0.905. The van der Waals surface area contributed by atoms with Crippen molar-refractivity contribution in [1.82, 2.24) is 14.7 Å². The van der Waals surface area contributed by atoms with E-state index in [9.17, 15) is 13.6 Å². The van der Waals surface area contributed by atoms with E-state index in [0.717, 1.165) is 17.7 Å². The minimum absolute atomic E-state index is 0.0783. The van der Waals surface area contributed by atoms with Gasteiger partial charge in [-0.3, -0.25) is 9.48 Å². The lowest BCUT2D eigenvalue weighted by Gasteiger charge is -2.25. The zero-order chi connectivity index (χ0) is 16.3. The van der Waals surface area contributed by atoms with Crippen LogP contribution < -0.4 is 0 Å². The molecule has 0 bridgehead atoms. The Bertz CT molecular complexity index is 669. The molecule has 1 amide bonds. The number of hydrogen-bond donors (Lipinski definition) is 0. The quantitative estimate of drug-likeness (QED) is 0.851. The maximum Gasteiger partial charge on any atom is 0.224 e. The Labute approximate surface area is 128 Å². The summed E-state index contributed by atoms with van der Waals surface area (Å²) in [4.78, 5) is 13.7. The summed E-state index contributed by atoms with van der Waals surface area (Å²) in [6, 6.07) is 3.36. The van der Waals surface area contributed by atoms with Gasteiger partial charge in [0.15, 0.2) is 11.6 Å². The molecule has 1 unspecified atom stereocenters. The van der Waals surface area contributed by atoms with E-state index in [1.165, 1.54) is 11.0 Å². The highest BCUT2D eigenvalue weighted by molar-refractivity contribution is 5.76. The number of carbonyl (C=O) groups excluding carboxylic acids is 1. The zero-order valence-corrected chi connectivity index (χ0v) is 12.9. The fourth-order valence-electron chi connectivity index (χ4n) is 2.19. The summed E-state index contributed by atoms with van der Waals surface area (Å²) in [6.07, 6.45) is 3.90. The van der Waals surface area contributed by atoms with Gasteiger partial charge < -0.3 is 4.90 Å². The first-order valence-corrected chi connectivity index (χ1v) is 7.08. The molecule has 22 heavy (non-hydrogen) atoms. The summed E-state index contributed by atoms with van der Waals surface area (Å²) >= 11 is 0. The van der Waals surface area contributed by atoms with E-state index in [0.29, 0.717) is 18.5 Å². The molecule has 6 heteroatoms. The summed E-state index contributed by atoms with van der Waals surface area (Å²) in [5.41, 5.74) is 1.60. The monoisotopic (exact) mass is 307 g/mol. The molecule has 0 fully saturated rings. The van der Waals surface area contributed by atoms with Gasteiger partial charge in [0.25, 0.3) is 0 Å². The standard InChI is InChI=1S/C16H19F2N3O/c1-11-9-19-21(10-11)7-6-16(22)20(3)12(2)13-4-5-14(17)15(18)8-13/h4-5,8-10,12H,6-7H2,1-3H3. The lowest BCUT2D eigenvalue weighted by atomic mass is 10.1. The summed E-state index contributed by atoms with van der Waals surface area (Å²) in [7, 11) is 1.66. The van der Waals surface area contributed by atoms with Crippen molar-refractivity contribution < 1.29 is 13.6 Å². The number of aryl methyl sites for hydroxylation is 2. The Balaban J connectivity index is 1.98. The summed E-state index contributed by atoms with van der Waals surface area (Å²) in [6.45, 7) is 4.20. The molecule has 0 aliphatic carbocycles. The highest BCUT2D eigenvalue weighted by Gasteiger charge is 2.18. The first kappa shape index (κ1) is 16.1. The molecule has 1 aromatic heterocycles. The van der Waals surface area contributed by atoms with Gasteiger partial charge in [-0.1, -0.05) is 6.07 Å². The van der Waals surface area contributed by atoms with Gasteiger partial charge in [0.05, 0.1) is 12.2 Å². The maximum absolute atomic E-state index is 13.3. The molecule has 0 N–H and O–H groups in total. The Morgan fingerprint density at radius 2 is 2.09 bits per heavy atom. The largest absolute Gasteiger partial charge is 0.339 e. The molecule has 118 valence electrons. The summed E-state index contributed by atoms with van der Waals surface area (Å²) in [5, 5.41) is 4.13. The highest BCUT2D eigenvalue weighted by Crippen LogP contribution is 2.21. The van der Waals surface area contributed by atoms with Crippen molar-refractivity contribution >= 4 is 5.91 Å². The Kier molecular flexibility index (Phi) is 4.90. The second kappa shape index (κ2) is 6.68. The van der Waals surface area contributed by atoms with Crippen LogP contribution in [-0.4, -0.2) is 27.6 Å². The first-order valence-electron chi connectivity index (χ1n) is 7.08. The van der Waals surface area contributed by atoms with Crippen LogP contribution in [0.15, 0.2) is 30.6 Å². The van der Waals surface area contributed by atoms with E-state index < -0.39 is 11.6 Å². The van der Waals surface area contributed by atoms with E-state index >= 15 is 0 Å². The van der Waals surface area contributed by atoms with Crippen molar-refractivity contribution in [3.8, 4) is 0 Å². The van der Waals surface area contributed by atoms with Crippen LogP contribution in [-0.2, 0) is 11.3 Å². The number of rotatable bonds is 5. The van der Waals surface area contributed by atoms with Gasteiger partial charge in [-0.25, -0.2) is 8.78 Å². The van der Waals surface area contributed by atoms with Crippen LogP contribution in [0.25, 0.3) is 0 Å². The SMILES string of the molecule is Cc1cnn(CCC(=O)N(C)C(C)c2ccc(F)c(F)c2)c1. The van der Waals surface area contributed by atoms with Gasteiger partial charge in [0.1, 0.15) is 0 Å². The minimum Gasteiger partial charge on any atom is -0.339 e. The fourth-order valence-corrected chi connectivity index (χ4v) is 2.19. The highest BCUT2D eigenvalue weighted by atomic mass is 19.2. The first-order chi connectivity index (χ1) is 10.4. The molecule has 2 aromatic rings. The topological polar surface area (TPSA) is 38.1 Å². The van der Waals surface area contributed by atoms with Crippen LogP contribution in [0, 0.1) is 18.6 Å². The Hall–Kier alpha value is -2.24. The van der Waals surface area contributed by atoms with Crippen LogP contribution in [0.5, 0.6) is 0 Å². The number of benzene rings is 1. The smallest absolute Gasteiger partial charge is 0.224 e. The average Bonchev–Trinajstić information content (AvgIpc) is 2.91. The van der Waals surface area contributed by atoms with E-state index in [-0.39, 0.29) is 11.9 Å². The van der Waals surface area contributed by atoms with Gasteiger partial charge in [0.2, 0.25) is 5.91 Å². The lowest BCUT2D eigenvalue weighted by molar-refractivity contribution is -0.132. The normalized spacial score (nSPS) is 12.2. The van der Waals surface area contributed by atoms with Gasteiger partial charge in [-0.2, -0.15) is 5.10 Å². The van der Waals surface area contributed by atoms with Crippen LogP contribution in [0.1, 0.15) is 30.5 Å².